The number of nitrogens with two attached hydrogens (primary N) is 1. The van der Waals surface area contributed by atoms with Crippen molar-refractivity contribution >= 4 is 12.4 Å². The Bertz CT molecular complexity index is 456. The molecule has 0 fully saturated rings. The van der Waals surface area contributed by atoms with Gasteiger partial charge in [-0.2, -0.15) is 4.98 Å². The van der Waals surface area contributed by atoms with E-state index in [-0.39, 0.29) is 24.4 Å². The summed E-state index contributed by atoms with van der Waals surface area (Å²) in [5, 5.41) is 3.92. The standard InChI is InChI=1S/C12H15N3O.ClH/c1-8(2)10(13)12-14-11(15-16-12)9-6-4-3-5-7-9;/h3-8,10H,13H2,1-2H3;1H. The lowest BCUT2D eigenvalue weighted by atomic mass is 10.1. The molecule has 2 rings (SSSR count). The summed E-state index contributed by atoms with van der Waals surface area (Å²) in [5.41, 5.74) is 6.87. The molecule has 4 nitrogen and oxygen atoms in total. The van der Waals surface area contributed by atoms with Crippen LogP contribution in [-0.2, 0) is 0 Å². The molecule has 0 spiro atoms. The third-order valence-electron chi connectivity index (χ3n) is 2.48. The second-order valence-corrected chi connectivity index (χ2v) is 4.09. The normalized spacial score (nSPS) is 12.2. The summed E-state index contributed by atoms with van der Waals surface area (Å²) in [6, 6.07) is 9.50. The number of hydrogen-bond donors (Lipinski definition) is 1. The van der Waals surface area contributed by atoms with Crippen molar-refractivity contribution in [2.24, 2.45) is 11.7 Å². The minimum absolute atomic E-state index is 0. The van der Waals surface area contributed by atoms with Gasteiger partial charge < -0.3 is 10.3 Å². The zero-order chi connectivity index (χ0) is 11.5. The Balaban J connectivity index is 0.00000144. The minimum Gasteiger partial charge on any atom is -0.337 e. The fourth-order valence-electron chi connectivity index (χ4n) is 1.36. The third-order valence-corrected chi connectivity index (χ3v) is 2.48. The van der Waals surface area contributed by atoms with Crippen LogP contribution in [0.2, 0.25) is 0 Å². The molecule has 0 radical (unpaired) electrons. The van der Waals surface area contributed by atoms with Crippen molar-refractivity contribution in [1.29, 1.82) is 0 Å². The van der Waals surface area contributed by atoms with Gasteiger partial charge >= 0.3 is 0 Å². The van der Waals surface area contributed by atoms with Gasteiger partial charge in [-0.05, 0) is 5.92 Å². The van der Waals surface area contributed by atoms with E-state index >= 15 is 0 Å². The van der Waals surface area contributed by atoms with Gasteiger partial charge in [0.15, 0.2) is 0 Å². The maximum atomic E-state index is 5.93. The SMILES string of the molecule is CC(C)C(N)c1nc(-c2ccccc2)no1.Cl. The molecule has 2 aromatic rings. The van der Waals surface area contributed by atoms with Gasteiger partial charge in [-0.1, -0.05) is 49.3 Å². The maximum absolute atomic E-state index is 5.93. The Morgan fingerprint density at radius 3 is 2.41 bits per heavy atom. The van der Waals surface area contributed by atoms with Gasteiger partial charge in [-0.3, -0.25) is 0 Å². The van der Waals surface area contributed by atoms with Crippen LogP contribution in [0.15, 0.2) is 34.9 Å². The van der Waals surface area contributed by atoms with E-state index in [1.165, 1.54) is 0 Å². The zero-order valence-corrected chi connectivity index (χ0v) is 10.6. The average molecular weight is 254 g/mol. The number of aromatic nitrogens is 2. The summed E-state index contributed by atoms with van der Waals surface area (Å²) >= 11 is 0. The van der Waals surface area contributed by atoms with Gasteiger partial charge in [0.25, 0.3) is 0 Å². The zero-order valence-electron chi connectivity index (χ0n) is 9.83. The van der Waals surface area contributed by atoms with Crippen molar-refractivity contribution in [1.82, 2.24) is 10.1 Å². The Labute approximate surface area is 107 Å². The van der Waals surface area contributed by atoms with Crippen LogP contribution in [0, 0.1) is 5.92 Å². The largest absolute Gasteiger partial charge is 0.337 e. The lowest BCUT2D eigenvalue weighted by molar-refractivity contribution is 0.325. The van der Waals surface area contributed by atoms with Gasteiger partial charge in [0.05, 0.1) is 6.04 Å². The summed E-state index contributed by atoms with van der Waals surface area (Å²) in [6.07, 6.45) is 0. The van der Waals surface area contributed by atoms with Crippen LogP contribution in [-0.4, -0.2) is 10.1 Å². The van der Waals surface area contributed by atoms with Crippen molar-refractivity contribution < 1.29 is 4.52 Å². The highest BCUT2D eigenvalue weighted by molar-refractivity contribution is 5.85. The molecule has 0 aliphatic heterocycles. The van der Waals surface area contributed by atoms with Crippen LogP contribution in [0.1, 0.15) is 25.8 Å². The molecule has 17 heavy (non-hydrogen) atoms. The van der Waals surface area contributed by atoms with E-state index in [2.05, 4.69) is 10.1 Å². The molecule has 5 heteroatoms. The van der Waals surface area contributed by atoms with Crippen LogP contribution >= 0.6 is 12.4 Å². The van der Waals surface area contributed by atoms with Crippen LogP contribution in [0.5, 0.6) is 0 Å². The number of halogens is 1. The molecule has 0 aliphatic carbocycles. The summed E-state index contributed by atoms with van der Waals surface area (Å²) in [7, 11) is 0. The van der Waals surface area contributed by atoms with Crippen LogP contribution < -0.4 is 5.73 Å². The molecule has 2 N–H and O–H groups in total. The molecule has 92 valence electrons. The molecule has 1 aromatic heterocycles. The fourth-order valence-corrected chi connectivity index (χ4v) is 1.36. The van der Waals surface area contributed by atoms with Gasteiger partial charge in [0, 0.05) is 5.56 Å². The second-order valence-electron chi connectivity index (χ2n) is 4.09. The van der Waals surface area contributed by atoms with Gasteiger partial charge in [-0.25, -0.2) is 0 Å². The molecule has 0 saturated carbocycles. The van der Waals surface area contributed by atoms with Gasteiger partial charge in [0.2, 0.25) is 11.7 Å². The van der Waals surface area contributed by atoms with Crippen molar-refractivity contribution in [3.8, 4) is 11.4 Å². The Morgan fingerprint density at radius 2 is 1.82 bits per heavy atom. The van der Waals surface area contributed by atoms with E-state index in [9.17, 15) is 0 Å². The van der Waals surface area contributed by atoms with E-state index in [4.69, 9.17) is 10.3 Å². The molecule has 0 amide bonds. The maximum Gasteiger partial charge on any atom is 0.244 e. The highest BCUT2D eigenvalue weighted by Crippen LogP contribution is 2.20. The highest BCUT2D eigenvalue weighted by Gasteiger charge is 2.18. The molecular formula is C12H16ClN3O. The lowest BCUT2D eigenvalue weighted by Crippen LogP contribution is -2.16. The summed E-state index contributed by atoms with van der Waals surface area (Å²) < 4.78 is 5.16. The van der Waals surface area contributed by atoms with Gasteiger partial charge in [0.1, 0.15) is 0 Å². The topological polar surface area (TPSA) is 64.9 Å². The number of hydrogen-bond acceptors (Lipinski definition) is 4. The molecule has 1 heterocycles. The van der Waals surface area contributed by atoms with Crippen molar-refractivity contribution in [2.75, 3.05) is 0 Å². The first kappa shape index (κ1) is 13.7. The predicted molar refractivity (Wildman–Crippen MR) is 68.7 cm³/mol. The van der Waals surface area contributed by atoms with Crippen LogP contribution in [0.3, 0.4) is 0 Å². The molecular weight excluding hydrogens is 238 g/mol. The minimum atomic E-state index is -0.204. The summed E-state index contributed by atoms with van der Waals surface area (Å²) in [4.78, 5) is 4.30. The summed E-state index contributed by atoms with van der Waals surface area (Å²) in [5.74, 6) is 1.37. The monoisotopic (exact) mass is 253 g/mol. The first-order valence-corrected chi connectivity index (χ1v) is 5.33. The fraction of sp³-hybridized carbons (Fsp3) is 0.333. The molecule has 1 unspecified atom stereocenters. The first-order valence-electron chi connectivity index (χ1n) is 5.33. The number of benzene rings is 1. The Hall–Kier alpha value is -1.39. The van der Waals surface area contributed by atoms with E-state index in [0.717, 1.165) is 5.56 Å². The Kier molecular flexibility index (Phi) is 4.66. The van der Waals surface area contributed by atoms with E-state index in [1.807, 2.05) is 44.2 Å². The number of nitrogens with zero attached hydrogens (tertiary/aromatic N) is 2. The average Bonchev–Trinajstić information content (AvgIpc) is 2.78. The molecule has 1 atom stereocenters. The molecule has 1 aromatic carbocycles. The molecule has 0 saturated heterocycles. The molecule has 0 bridgehead atoms. The Morgan fingerprint density at radius 1 is 1.18 bits per heavy atom. The van der Waals surface area contributed by atoms with Crippen molar-refractivity contribution in [3.63, 3.8) is 0 Å². The van der Waals surface area contributed by atoms with Crippen molar-refractivity contribution in [2.45, 2.75) is 19.9 Å². The van der Waals surface area contributed by atoms with E-state index in [0.29, 0.717) is 11.7 Å². The quantitative estimate of drug-likeness (QED) is 0.914. The molecule has 0 aliphatic rings. The van der Waals surface area contributed by atoms with Crippen molar-refractivity contribution in [3.05, 3.63) is 36.2 Å². The number of rotatable bonds is 3. The predicted octanol–water partition coefficient (Wildman–Crippen LogP) is 2.81. The van der Waals surface area contributed by atoms with E-state index in [1.54, 1.807) is 0 Å². The lowest BCUT2D eigenvalue weighted by Gasteiger charge is -2.09. The smallest absolute Gasteiger partial charge is 0.244 e. The second kappa shape index (κ2) is 5.80. The van der Waals surface area contributed by atoms with E-state index < -0.39 is 0 Å². The third kappa shape index (κ3) is 3.05. The highest BCUT2D eigenvalue weighted by atomic mass is 35.5. The first-order chi connectivity index (χ1) is 7.68. The van der Waals surface area contributed by atoms with Crippen LogP contribution in [0.25, 0.3) is 11.4 Å². The summed E-state index contributed by atoms with van der Waals surface area (Å²) in [6.45, 7) is 4.05. The van der Waals surface area contributed by atoms with Crippen LogP contribution in [0.4, 0.5) is 0 Å². The van der Waals surface area contributed by atoms with Gasteiger partial charge in [-0.15, -0.1) is 12.4 Å².